The number of halogens is 1. The lowest BCUT2D eigenvalue weighted by Gasteiger charge is -2.02. The predicted molar refractivity (Wildman–Crippen MR) is 113 cm³/mol. The summed E-state index contributed by atoms with van der Waals surface area (Å²) < 4.78 is 7.36. The van der Waals surface area contributed by atoms with Crippen molar-refractivity contribution in [1.29, 1.82) is 0 Å². The number of aryl methyl sites for hydroxylation is 1. The van der Waals surface area contributed by atoms with E-state index in [2.05, 4.69) is 21.6 Å². The monoisotopic (exact) mass is 452 g/mol. The fourth-order valence-corrected chi connectivity index (χ4v) is 5.20. The number of aromatic nitrogens is 3. The molecule has 4 rings (SSSR count). The molecule has 0 spiro atoms. The van der Waals surface area contributed by atoms with Crippen LogP contribution in [-0.4, -0.2) is 20.7 Å². The molecule has 0 fully saturated rings. The number of hydrogen-bond donors (Lipinski definition) is 1. The van der Waals surface area contributed by atoms with E-state index >= 15 is 0 Å². The van der Waals surface area contributed by atoms with Gasteiger partial charge in [-0.25, -0.2) is 4.79 Å². The van der Waals surface area contributed by atoms with Crippen LogP contribution in [0, 0.1) is 0 Å². The number of nitrogens with zero attached hydrogens (tertiary/aromatic N) is 3. The van der Waals surface area contributed by atoms with Gasteiger partial charge in [0.15, 0.2) is 9.92 Å². The standard InChI is InChI=1S/C17H13ClN4O3S3/c18-10-3-4-12-13(8-10)25-17(24)22(12)6-5-14(23)19-15-20-21-16(28-15)27-9-11-2-1-7-26-11/h1-4,7-8H,5-6,9H2,(H,19,20,23). The summed E-state index contributed by atoms with van der Waals surface area (Å²) in [7, 11) is 0. The summed E-state index contributed by atoms with van der Waals surface area (Å²) in [5.74, 6) is 0.0511. The average Bonchev–Trinajstić information content (AvgIpc) is 3.38. The van der Waals surface area contributed by atoms with Gasteiger partial charge in [0.05, 0.1) is 5.52 Å². The van der Waals surface area contributed by atoms with Crippen molar-refractivity contribution in [2.75, 3.05) is 5.32 Å². The van der Waals surface area contributed by atoms with Gasteiger partial charge in [0.1, 0.15) is 0 Å². The largest absolute Gasteiger partial charge is 0.419 e. The number of carbonyl (C=O) groups excluding carboxylic acids is 1. The third kappa shape index (κ3) is 4.46. The molecule has 144 valence electrons. The van der Waals surface area contributed by atoms with E-state index < -0.39 is 5.76 Å². The first-order chi connectivity index (χ1) is 13.6. The van der Waals surface area contributed by atoms with Gasteiger partial charge in [-0.1, -0.05) is 40.8 Å². The van der Waals surface area contributed by atoms with Gasteiger partial charge in [0.2, 0.25) is 11.0 Å². The van der Waals surface area contributed by atoms with Crippen LogP contribution >= 0.6 is 46.0 Å². The molecule has 0 unspecified atom stereocenters. The van der Waals surface area contributed by atoms with Gasteiger partial charge in [0, 0.05) is 34.7 Å². The molecule has 0 saturated heterocycles. The topological polar surface area (TPSA) is 90.0 Å². The minimum absolute atomic E-state index is 0.106. The van der Waals surface area contributed by atoms with Gasteiger partial charge in [-0.2, -0.15) is 0 Å². The molecule has 11 heteroatoms. The van der Waals surface area contributed by atoms with Gasteiger partial charge >= 0.3 is 5.76 Å². The molecule has 3 heterocycles. The van der Waals surface area contributed by atoms with Gasteiger partial charge in [0.25, 0.3) is 0 Å². The third-order valence-corrected chi connectivity index (χ3v) is 7.08. The van der Waals surface area contributed by atoms with Gasteiger partial charge in [-0.3, -0.25) is 9.36 Å². The smallest absolute Gasteiger partial charge is 0.408 e. The Morgan fingerprint density at radius 2 is 2.21 bits per heavy atom. The summed E-state index contributed by atoms with van der Waals surface area (Å²) in [6.07, 6.45) is 0.106. The summed E-state index contributed by atoms with van der Waals surface area (Å²) in [6, 6.07) is 9.02. The van der Waals surface area contributed by atoms with Crippen molar-refractivity contribution in [3.8, 4) is 0 Å². The number of carbonyl (C=O) groups is 1. The molecule has 1 N–H and O–H groups in total. The molecule has 0 aliphatic rings. The van der Waals surface area contributed by atoms with Crippen molar-refractivity contribution < 1.29 is 9.21 Å². The number of hydrogen-bond acceptors (Lipinski definition) is 8. The molecule has 0 bridgehead atoms. The van der Waals surface area contributed by atoms with Gasteiger partial charge in [-0.05, 0) is 23.6 Å². The minimum atomic E-state index is -0.520. The lowest BCUT2D eigenvalue weighted by molar-refractivity contribution is -0.116. The Kier molecular flexibility index (Phi) is 5.81. The first-order valence-corrected chi connectivity index (χ1v) is 11.2. The quantitative estimate of drug-likeness (QED) is 0.328. The Morgan fingerprint density at radius 3 is 3.04 bits per heavy atom. The number of thiophene rings is 1. The summed E-state index contributed by atoms with van der Waals surface area (Å²) in [4.78, 5) is 25.5. The van der Waals surface area contributed by atoms with E-state index in [1.807, 2.05) is 11.4 Å². The fourth-order valence-electron chi connectivity index (χ4n) is 2.49. The van der Waals surface area contributed by atoms with Crippen LogP contribution in [0.25, 0.3) is 11.1 Å². The van der Waals surface area contributed by atoms with Crippen LogP contribution in [-0.2, 0) is 17.1 Å². The van der Waals surface area contributed by atoms with E-state index in [-0.39, 0.29) is 18.9 Å². The summed E-state index contributed by atoms with van der Waals surface area (Å²) in [6.45, 7) is 0.193. The Morgan fingerprint density at radius 1 is 1.32 bits per heavy atom. The van der Waals surface area contributed by atoms with E-state index in [4.69, 9.17) is 16.0 Å². The van der Waals surface area contributed by atoms with Crippen LogP contribution in [0.15, 0.2) is 49.3 Å². The van der Waals surface area contributed by atoms with Gasteiger partial charge < -0.3 is 9.73 Å². The highest BCUT2D eigenvalue weighted by atomic mass is 35.5. The number of fused-ring (bicyclic) bond motifs is 1. The molecule has 0 radical (unpaired) electrons. The van der Waals surface area contributed by atoms with E-state index in [1.165, 1.54) is 20.8 Å². The summed E-state index contributed by atoms with van der Waals surface area (Å²) >= 11 is 10.5. The molecule has 3 aromatic heterocycles. The maximum atomic E-state index is 12.2. The number of amides is 1. The zero-order chi connectivity index (χ0) is 19.5. The maximum Gasteiger partial charge on any atom is 0.419 e. The van der Waals surface area contributed by atoms with Crippen LogP contribution in [0.1, 0.15) is 11.3 Å². The first kappa shape index (κ1) is 19.2. The Hall–Kier alpha value is -2.14. The molecular formula is C17H13ClN4O3S3. The van der Waals surface area contributed by atoms with Crippen molar-refractivity contribution in [1.82, 2.24) is 14.8 Å². The zero-order valence-electron chi connectivity index (χ0n) is 14.3. The molecule has 0 saturated carbocycles. The number of benzene rings is 1. The third-order valence-electron chi connectivity index (χ3n) is 3.76. The Bertz CT molecular complexity index is 1170. The molecule has 0 aliphatic carbocycles. The molecule has 4 aromatic rings. The Labute approximate surface area is 176 Å². The lowest BCUT2D eigenvalue weighted by atomic mass is 10.3. The number of nitrogens with one attached hydrogen (secondary N) is 1. The fraction of sp³-hybridized carbons (Fsp3) is 0.176. The number of rotatable bonds is 7. The van der Waals surface area contributed by atoms with Gasteiger partial charge in [-0.15, -0.1) is 21.5 Å². The van der Waals surface area contributed by atoms with Crippen molar-refractivity contribution >= 4 is 68.2 Å². The molecule has 7 nitrogen and oxygen atoms in total. The van der Waals surface area contributed by atoms with Crippen LogP contribution in [0.3, 0.4) is 0 Å². The average molecular weight is 453 g/mol. The maximum absolute atomic E-state index is 12.2. The van der Waals surface area contributed by atoms with E-state index in [1.54, 1.807) is 41.3 Å². The number of thioether (sulfide) groups is 1. The first-order valence-electron chi connectivity index (χ1n) is 8.16. The van der Waals surface area contributed by atoms with Crippen LogP contribution in [0.5, 0.6) is 0 Å². The minimum Gasteiger partial charge on any atom is -0.408 e. The predicted octanol–water partition coefficient (Wildman–Crippen LogP) is 4.48. The zero-order valence-corrected chi connectivity index (χ0v) is 17.5. The summed E-state index contributed by atoms with van der Waals surface area (Å²) in [5, 5.41) is 13.8. The van der Waals surface area contributed by atoms with Crippen LogP contribution < -0.4 is 11.1 Å². The number of anilines is 1. The highest BCUT2D eigenvalue weighted by Gasteiger charge is 2.13. The second-order valence-electron chi connectivity index (χ2n) is 5.67. The second-order valence-corrected chi connectivity index (χ2v) is 9.34. The highest BCUT2D eigenvalue weighted by Crippen LogP contribution is 2.29. The molecule has 0 aliphatic heterocycles. The van der Waals surface area contributed by atoms with Crippen molar-refractivity contribution in [3.63, 3.8) is 0 Å². The summed E-state index contributed by atoms with van der Waals surface area (Å²) in [5.41, 5.74) is 1.000. The SMILES string of the molecule is O=C(CCn1c(=O)oc2cc(Cl)ccc21)Nc1nnc(SCc2cccs2)s1. The normalized spacial score (nSPS) is 11.2. The van der Waals surface area contributed by atoms with Crippen molar-refractivity contribution in [2.45, 2.75) is 23.1 Å². The molecule has 28 heavy (non-hydrogen) atoms. The van der Waals surface area contributed by atoms with Crippen LogP contribution in [0.2, 0.25) is 5.02 Å². The number of oxazole rings is 1. The molecule has 1 aromatic carbocycles. The van der Waals surface area contributed by atoms with E-state index in [9.17, 15) is 9.59 Å². The van der Waals surface area contributed by atoms with E-state index in [0.717, 1.165) is 10.1 Å². The lowest BCUT2D eigenvalue weighted by Crippen LogP contribution is -2.19. The van der Waals surface area contributed by atoms with Crippen molar-refractivity contribution in [3.05, 3.63) is 56.2 Å². The molecule has 1 amide bonds. The van der Waals surface area contributed by atoms with E-state index in [0.29, 0.717) is 21.3 Å². The van der Waals surface area contributed by atoms with Crippen LogP contribution in [0.4, 0.5) is 5.13 Å². The Balaban J connectivity index is 1.34. The second kappa shape index (κ2) is 8.48. The molecule has 0 atom stereocenters. The highest BCUT2D eigenvalue weighted by molar-refractivity contribution is 8.00. The van der Waals surface area contributed by atoms with Crippen molar-refractivity contribution in [2.24, 2.45) is 0 Å². The molecular weight excluding hydrogens is 440 g/mol.